The number of methoxy groups -OCH3 is 1. The van der Waals surface area contributed by atoms with E-state index in [1.807, 2.05) is 26.0 Å². The molecule has 1 saturated carbocycles. The Morgan fingerprint density at radius 2 is 1.91 bits per heavy atom. The van der Waals surface area contributed by atoms with Crippen molar-refractivity contribution in [2.75, 3.05) is 7.11 Å². The van der Waals surface area contributed by atoms with Crippen LogP contribution in [-0.4, -0.2) is 30.1 Å². The summed E-state index contributed by atoms with van der Waals surface area (Å²) in [5, 5.41) is 12.1. The SMILES string of the molecule is COc1cc(C)c(CC(=O)NC2CCCC(C(=O)O)C2)c(C)c1. The summed E-state index contributed by atoms with van der Waals surface area (Å²) in [4.78, 5) is 23.4. The maximum absolute atomic E-state index is 12.3. The monoisotopic (exact) mass is 319 g/mol. The van der Waals surface area contributed by atoms with Gasteiger partial charge in [-0.3, -0.25) is 9.59 Å². The summed E-state index contributed by atoms with van der Waals surface area (Å²) in [6.07, 6.45) is 3.26. The van der Waals surface area contributed by atoms with Gasteiger partial charge in [0.05, 0.1) is 19.4 Å². The molecule has 0 saturated heterocycles. The van der Waals surface area contributed by atoms with Gasteiger partial charge in [-0.15, -0.1) is 0 Å². The minimum Gasteiger partial charge on any atom is -0.497 e. The van der Waals surface area contributed by atoms with E-state index in [0.717, 1.165) is 35.3 Å². The zero-order valence-electron chi connectivity index (χ0n) is 14.0. The van der Waals surface area contributed by atoms with Crippen LogP contribution in [0.25, 0.3) is 0 Å². The molecule has 2 atom stereocenters. The second-order valence-electron chi connectivity index (χ2n) is 6.38. The van der Waals surface area contributed by atoms with Gasteiger partial charge in [0.15, 0.2) is 0 Å². The lowest BCUT2D eigenvalue weighted by Gasteiger charge is -2.27. The molecular formula is C18H25NO4. The zero-order valence-corrected chi connectivity index (χ0v) is 14.0. The fourth-order valence-electron chi connectivity index (χ4n) is 3.33. The minimum absolute atomic E-state index is 0.0313. The van der Waals surface area contributed by atoms with E-state index in [9.17, 15) is 9.59 Å². The average Bonchev–Trinajstić information content (AvgIpc) is 2.50. The zero-order chi connectivity index (χ0) is 17.0. The lowest BCUT2D eigenvalue weighted by Crippen LogP contribution is -2.40. The van der Waals surface area contributed by atoms with Gasteiger partial charge < -0.3 is 15.2 Å². The number of carbonyl (C=O) groups excluding carboxylic acids is 1. The Labute approximate surface area is 137 Å². The summed E-state index contributed by atoms with van der Waals surface area (Å²) < 4.78 is 5.24. The Balaban J connectivity index is 1.98. The van der Waals surface area contributed by atoms with E-state index in [4.69, 9.17) is 9.84 Å². The maximum atomic E-state index is 12.3. The van der Waals surface area contributed by atoms with Gasteiger partial charge >= 0.3 is 5.97 Å². The molecule has 0 bridgehead atoms. The van der Waals surface area contributed by atoms with Crippen LogP contribution in [0.15, 0.2) is 12.1 Å². The van der Waals surface area contributed by atoms with Crippen molar-refractivity contribution in [3.8, 4) is 5.75 Å². The highest BCUT2D eigenvalue weighted by Gasteiger charge is 2.27. The fourth-order valence-corrected chi connectivity index (χ4v) is 3.33. The van der Waals surface area contributed by atoms with E-state index in [1.54, 1.807) is 7.11 Å². The second kappa shape index (κ2) is 7.49. The third-order valence-electron chi connectivity index (χ3n) is 4.63. The number of benzene rings is 1. The molecule has 0 aromatic heterocycles. The number of rotatable bonds is 5. The smallest absolute Gasteiger partial charge is 0.306 e. The van der Waals surface area contributed by atoms with Gasteiger partial charge in [-0.1, -0.05) is 6.42 Å². The molecule has 2 rings (SSSR count). The topological polar surface area (TPSA) is 75.6 Å². The summed E-state index contributed by atoms with van der Waals surface area (Å²) in [6.45, 7) is 3.94. The summed E-state index contributed by atoms with van der Waals surface area (Å²) in [5.74, 6) is -0.345. The Bertz CT molecular complexity index is 574. The number of amides is 1. The van der Waals surface area contributed by atoms with Crippen LogP contribution in [0, 0.1) is 19.8 Å². The first-order chi connectivity index (χ1) is 10.9. The van der Waals surface area contributed by atoms with E-state index >= 15 is 0 Å². The molecule has 23 heavy (non-hydrogen) atoms. The number of nitrogens with one attached hydrogen (secondary N) is 1. The van der Waals surface area contributed by atoms with Crippen molar-refractivity contribution in [1.82, 2.24) is 5.32 Å². The van der Waals surface area contributed by atoms with Gasteiger partial charge in [0.1, 0.15) is 5.75 Å². The van der Waals surface area contributed by atoms with Gasteiger partial charge in [0.25, 0.3) is 0 Å². The molecule has 1 aliphatic rings. The van der Waals surface area contributed by atoms with Crippen LogP contribution in [0.5, 0.6) is 5.75 Å². The largest absolute Gasteiger partial charge is 0.497 e. The Morgan fingerprint density at radius 3 is 2.48 bits per heavy atom. The van der Waals surface area contributed by atoms with Crippen LogP contribution in [-0.2, 0) is 16.0 Å². The average molecular weight is 319 g/mol. The van der Waals surface area contributed by atoms with Crippen LogP contribution >= 0.6 is 0 Å². The number of hydrogen-bond donors (Lipinski definition) is 2. The third kappa shape index (κ3) is 4.47. The third-order valence-corrected chi connectivity index (χ3v) is 4.63. The molecule has 126 valence electrons. The molecule has 0 heterocycles. The number of hydrogen-bond acceptors (Lipinski definition) is 3. The molecule has 0 spiro atoms. The van der Waals surface area contributed by atoms with E-state index in [-0.39, 0.29) is 17.9 Å². The van der Waals surface area contributed by atoms with Gasteiger partial charge in [0, 0.05) is 6.04 Å². The van der Waals surface area contributed by atoms with Gasteiger partial charge in [0.2, 0.25) is 5.91 Å². The van der Waals surface area contributed by atoms with Gasteiger partial charge in [-0.2, -0.15) is 0 Å². The van der Waals surface area contributed by atoms with Crippen LogP contribution in [0.1, 0.15) is 42.4 Å². The molecule has 0 radical (unpaired) electrons. The highest BCUT2D eigenvalue weighted by molar-refractivity contribution is 5.80. The number of ether oxygens (including phenoxy) is 1. The first kappa shape index (κ1) is 17.3. The summed E-state index contributed by atoms with van der Waals surface area (Å²) in [7, 11) is 1.63. The number of carboxylic acid groups (broad SMARTS) is 1. The first-order valence-electron chi connectivity index (χ1n) is 8.07. The van der Waals surface area contributed by atoms with Crippen LogP contribution in [0.4, 0.5) is 0 Å². The van der Waals surface area contributed by atoms with E-state index in [2.05, 4.69) is 5.32 Å². The van der Waals surface area contributed by atoms with Gasteiger partial charge in [-0.05, 0) is 61.9 Å². The minimum atomic E-state index is -0.759. The molecule has 0 aliphatic heterocycles. The summed E-state index contributed by atoms with van der Waals surface area (Å²) in [5.41, 5.74) is 3.07. The summed E-state index contributed by atoms with van der Waals surface area (Å²) in [6, 6.07) is 3.82. The van der Waals surface area contributed by atoms with Crippen molar-refractivity contribution >= 4 is 11.9 Å². The molecule has 1 aromatic carbocycles. The number of carboxylic acids is 1. The molecular weight excluding hydrogens is 294 g/mol. The van der Waals surface area contributed by atoms with Crippen LogP contribution in [0.2, 0.25) is 0 Å². The Kier molecular flexibility index (Phi) is 5.64. The highest BCUT2D eigenvalue weighted by Crippen LogP contribution is 2.25. The molecule has 1 fully saturated rings. The Morgan fingerprint density at radius 1 is 1.26 bits per heavy atom. The molecule has 1 aromatic rings. The maximum Gasteiger partial charge on any atom is 0.306 e. The number of aryl methyl sites for hydroxylation is 2. The molecule has 5 heteroatoms. The first-order valence-corrected chi connectivity index (χ1v) is 8.07. The predicted molar refractivity (Wildman–Crippen MR) is 87.7 cm³/mol. The van der Waals surface area contributed by atoms with Crippen molar-refractivity contribution < 1.29 is 19.4 Å². The number of carbonyl (C=O) groups is 2. The lowest BCUT2D eigenvalue weighted by molar-refractivity contribution is -0.143. The molecule has 1 aliphatic carbocycles. The fraction of sp³-hybridized carbons (Fsp3) is 0.556. The van der Waals surface area contributed by atoms with Gasteiger partial charge in [-0.25, -0.2) is 0 Å². The predicted octanol–water partition coefficient (Wildman–Crippen LogP) is 2.61. The van der Waals surface area contributed by atoms with E-state index in [1.165, 1.54) is 0 Å². The van der Waals surface area contributed by atoms with Crippen molar-refractivity contribution in [2.24, 2.45) is 5.92 Å². The van der Waals surface area contributed by atoms with E-state index in [0.29, 0.717) is 19.3 Å². The summed E-state index contributed by atoms with van der Waals surface area (Å²) >= 11 is 0. The molecule has 2 unspecified atom stereocenters. The van der Waals surface area contributed by atoms with Crippen molar-refractivity contribution in [3.05, 3.63) is 28.8 Å². The molecule has 2 N–H and O–H groups in total. The van der Waals surface area contributed by atoms with Crippen LogP contribution < -0.4 is 10.1 Å². The Hall–Kier alpha value is -2.04. The normalized spacial score (nSPS) is 20.8. The second-order valence-corrected chi connectivity index (χ2v) is 6.38. The van der Waals surface area contributed by atoms with Crippen molar-refractivity contribution in [1.29, 1.82) is 0 Å². The van der Waals surface area contributed by atoms with Crippen molar-refractivity contribution in [3.63, 3.8) is 0 Å². The highest BCUT2D eigenvalue weighted by atomic mass is 16.5. The van der Waals surface area contributed by atoms with E-state index < -0.39 is 5.97 Å². The quantitative estimate of drug-likeness (QED) is 0.875. The van der Waals surface area contributed by atoms with Crippen LogP contribution in [0.3, 0.4) is 0 Å². The molecule has 1 amide bonds. The standard InChI is InChI=1S/C18H25NO4/c1-11-7-15(23-3)8-12(2)16(11)10-17(20)19-14-6-4-5-13(9-14)18(21)22/h7-8,13-14H,4-6,9-10H2,1-3H3,(H,19,20)(H,21,22). The molecule has 5 nitrogen and oxygen atoms in total. The number of aliphatic carboxylic acids is 1. The van der Waals surface area contributed by atoms with Crippen molar-refractivity contribution in [2.45, 2.75) is 52.0 Å². The lowest BCUT2D eigenvalue weighted by atomic mass is 9.85.